The Hall–Kier alpha value is -0.290. The maximum absolute atomic E-state index is 12.5. The molecule has 2 atom stereocenters. The van der Waals surface area contributed by atoms with E-state index in [1.54, 1.807) is 7.05 Å². The van der Waals surface area contributed by atoms with E-state index >= 15 is 0 Å². The highest BCUT2D eigenvalue weighted by Crippen LogP contribution is 2.20. The summed E-state index contributed by atoms with van der Waals surface area (Å²) in [4.78, 5) is 8.19. The van der Waals surface area contributed by atoms with Gasteiger partial charge in [0.25, 0.3) is 0 Å². The number of hydrogen-bond donors (Lipinski definition) is 2. The Balaban J connectivity index is 0.00000364. The smallest absolute Gasteiger partial charge is 0.356 e. The van der Waals surface area contributed by atoms with Crippen molar-refractivity contribution < 1.29 is 13.2 Å². The minimum Gasteiger partial charge on any atom is -0.356 e. The van der Waals surface area contributed by atoms with Crippen LogP contribution in [0.1, 0.15) is 39.0 Å². The minimum absolute atomic E-state index is 0. The van der Waals surface area contributed by atoms with Gasteiger partial charge in [-0.3, -0.25) is 9.89 Å². The molecule has 0 aliphatic carbocycles. The van der Waals surface area contributed by atoms with Gasteiger partial charge in [0.05, 0.1) is 6.54 Å². The van der Waals surface area contributed by atoms with Crippen LogP contribution in [-0.4, -0.2) is 80.8 Å². The van der Waals surface area contributed by atoms with Crippen molar-refractivity contribution in [3.05, 3.63) is 0 Å². The fourth-order valence-corrected chi connectivity index (χ4v) is 3.89. The molecule has 160 valence electrons. The maximum atomic E-state index is 12.5. The summed E-state index contributed by atoms with van der Waals surface area (Å²) in [5.41, 5.74) is 0. The molecule has 9 heteroatoms. The molecule has 2 aliphatic rings. The lowest BCUT2D eigenvalue weighted by molar-refractivity contribution is -0.143. The number of guanidine groups is 1. The van der Waals surface area contributed by atoms with Gasteiger partial charge in [-0.2, -0.15) is 13.2 Å². The van der Waals surface area contributed by atoms with E-state index in [-0.39, 0.29) is 30.0 Å². The molecule has 2 heterocycles. The van der Waals surface area contributed by atoms with Crippen LogP contribution in [0, 0.1) is 5.92 Å². The molecule has 0 aromatic heterocycles. The number of aliphatic imine (C=N–C) groups is 1. The quantitative estimate of drug-likeness (QED) is 0.242. The number of unbranched alkanes of at least 4 members (excludes halogenated alkanes) is 1. The molecule has 5 nitrogen and oxygen atoms in total. The second-order valence-corrected chi connectivity index (χ2v) is 7.73. The van der Waals surface area contributed by atoms with E-state index in [1.165, 1.54) is 30.8 Å². The molecule has 2 aliphatic heterocycles. The van der Waals surface area contributed by atoms with Crippen LogP contribution < -0.4 is 10.6 Å². The summed E-state index contributed by atoms with van der Waals surface area (Å²) >= 11 is 0. The topological polar surface area (TPSA) is 42.9 Å². The molecule has 2 rings (SSSR count). The van der Waals surface area contributed by atoms with Gasteiger partial charge in [0, 0.05) is 39.3 Å². The van der Waals surface area contributed by atoms with E-state index in [0.29, 0.717) is 25.5 Å². The summed E-state index contributed by atoms with van der Waals surface area (Å²) < 4.78 is 37.4. The molecule has 2 fully saturated rings. The molecule has 27 heavy (non-hydrogen) atoms. The molecule has 2 saturated heterocycles. The number of nitrogens with zero attached hydrogens (tertiary/aromatic N) is 3. The largest absolute Gasteiger partial charge is 0.401 e. The van der Waals surface area contributed by atoms with Crippen molar-refractivity contribution in [3.8, 4) is 0 Å². The van der Waals surface area contributed by atoms with Gasteiger partial charge in [0.1, 0.15) is 0 Å². The third kappa shape index (κ3) is 10.2. The predicted octanol–water partition coefficient (Wildman–Crippen LogP) is 2.92. The third-order valence-electron chi connectivity index (χ3n) is 5.17. The lowest BCUT2D eigenvalue weighted by Gasteiger charge is -2.30. The van der Waals surface area contributed by atoms with Crippen molar-refractivity contribution >= 4 is 29.9 Å². The first-order chi connectivity index (χ1) is 12.4. The van der Waals surface area contributed by atoms with E-state index in [4.69, 9.17) is 0 Å². The van der Waals surface area contributed by atoms with Gasteiger partial charge in [-0.25, -0.2) is 0 Å². The molecule has 0 saturated carbocycles. The Bertz CT molecular complexity index is 447. The van der Waals surface area contributed by atoms with Gasteiger partial charge in [-0.05, 0) is 51.1 Å². The fourth-order valence-electron chi connectivity index (χ4n) is 3.89. The predicted molar refractivity (Wildman–Crippen MR) is 115 cm³/mol. The van der Waals surface area contributed by atoms with Gasteiger partial charge >= 0.3 is 6.18 Å². The maximum Gasteiger partial charge on any atom is 0.401 e. The molecule has 0 amide bonds. The number of piperidine rings is 1. The standard InChI is InChI=1S/C18H34F3N5.HI/c1-15-6-5-10-25(12-15)9-4-3-8-23-17(22-2)24-16-7-11-26(13-16)14-18(19,20)21;/h15-16H,3-14H2,1-2H3,(H2,22,23,24);1H. The molecule has 2 unspecified atom stereocenters. The molecule has 0 aromatic rings. The number of hydrogen-bond acceptors (Lipinski definition) is 3. The lowest BCUT2D eigenvalue weighted by atomic mass is 10.0. The highest BCUT2D eigenvalue weighted by Gasteiger charge is 2.34. The second-order valence-electron chi connectivity index (χ2n) is 7.73. The number of alkyl halides is 3. The second kappa shape index (κ2) is 12.3. The average Bonchev–Trinajstić information content (AvgIpc) is 2.98. The van der Waals surface area contributed by atoms with Crippen LogP contribution >= 0.6 is 24.0 Å². The van der Waals surface area contributed by atoms with Gasteiger partial charge in [-0.1, -0.05) is 6.92 Å². The zero-order valence-corrected chi connectivity index (χ0v) is 18.9. The fraction of sp³-hybridized carbons (Fsp3) is 0.944. The minimum atomic E-state index is -4.12. The third-order valence-corrected chi connectivity index (χ3v) is 5.17. The van der Waals surface area contributed by atoms with Crippen LogP contribution in [0.3, 0.4) is 0 Å². The van der Waals surface area contributed by atoms with Crippen molar-refractivity contribution in [2.75, 3.05) is 52.9 Å². The summed E-state index contributed by atoms with van der Waals surface area (Å²) in [6.07, 6.45) is 1.46. The first kappa shape index (κ1) is 24.7. The molecule has 0 aromatic carbocycles. The van der Waals surface area contributed by atoms with Crippen molar-refractivity contribution in [2.45, 2.75) is 51.2 Å². The highest BCUT2D eigenvalue weighted by molar-refractivity contribution is 14.0. The number of halogens is 4. The normalized spacial score (nSPS) is 25.3. The van der Waals surface area contributed by atoms with Crippen LogP contribution in [0.15, 0.2) is 4.99 Å². The summed E-state index contributed by atoms with van der Waals surface area (Å²) in [7, 11) is 1.70. The zero-order valence-electron chi connectivity index (χ0n) is 16.5. The average molecular weight is 505 g/mol. The monoisotopic (exact) mass is 505 g/mol. The molecule has 2 N–H and O–H groups in total. The van der Waals surface area contributed by atoms with Crippen LogP contribution in [0.5, 0.6) is 0 Å². The van der Waals surface area contributed by atoms with Crippen LogP contribution in [0.25, 0.3) is 0 Å². The number of rotatable bonds is 7. The van der Waals surface area contributed by atoms with E-state index in [9.17, 15) is 13.2 Å². The SMILES string of the molecule is CN=C(NCCCCN1CCCC(C)C1)NC1CCN(CC(F)(F)F)C1.I. The van der Waals surface area contributed by atoms with Crippen molar-refractivity contribution in [3.63, 3.8) is 0 Å². The Morgan fingerprint density at radius 2 is 1.89 bits per heavy atom. The molecular formula is C18H35F3IN5. The van der Waals surface area contributed by atoms with Crippen LogP contribution in [0.4, 0.5) is 13.2 Å². The Morgan fingerprint density at radius 3 is 2.56 bits per heavy atom. The van der Waals surface area contributed by atoms with Gasteiger partial charge in [0.2, 0.25) is 0 Å². The van der Waals surface area contributed by atoms with Crippen molar-refractivity contribution in [1.82, 2.24) is 20.4 Å². The molecule has 0 spiro atoms. The van der Waals surface area contributed by atoms with E-state index in [0.717, 1.165) is 31.8 Å². The number of likely N-dealkylation sites (tertiary alicyclic amines) is 2. The molecule has 0 radical (unpaired) electrons. The summed E-state index contributed by atoms with van der Waals surface area (Å²) in [6.45, 7) is 6.79. The Morgan fingerprint density at radius 1 is 1.11 bits per heavy atom. The van der Waals surface area contributed by atoms with Crippen LogP contribution in [0.2, 0.25) is 0 Å². The van der Waals surface area contributed by atoms with E-state index in [2.05, 4.69) is 27.4 Å². The first-order valence-corrected chi connectivity index (χ1v) is 9.84. The lowest BCUT2D eigenvalue weighted by Crippen LogP contribution is -2.45. The summed E-state index contributed by atoms with van der Waals surface area (Å²) in [5, 5.41) is 6.53. The van der Waals surface area contributed by atoms with Gasteiger partial charge < -0.3 is 15.5 Å². The first-order valence-electron chi connectivity index (χ1n) is 9.84. The zero-order chi connectivity index (χ0) is 19.0. The van der Waals surface area contributed by atoms with Gasteiger partial charge in [-0.15, -0.1) is 24.0 Å². The van der Waals surface area contributed by atoms with E-state index in [1.807, 2.05) is 0 Å². The summed E-state index contributed by atoms with van der Waals surface area (Å²) in [5.74, 6) is 1.50. The molecule has 0 bridgehead atoms. The highest BCUT2D eigenvalue weighted by atomic mass is 127. The van der Waals surface area contributed by atoms with Crippen molar-refractivity contribution in [1.29, 1.82) is 0 Å². The van der Waals surface area contributed by atoms with Crippen LogP contribution in [-0.2, 0) is 0 Å². The number of nitrogens with one attached hydrogen (secondary N) is 2. The van der Waals surface area contributed by atoms with E-state index < -0.39 is 12.7 Å². The Kier molecular flexibility index (Phi) is 11.3. The molecular weight excluding hydrogens is 470 g/mol. The Labute approximate surface area is 178 Å². The van der Waals surface area contributed by atoms with Crippen molar-refractivity contribution in [2.24, 2.45) is 10.9 Å². The summed E-state index contributed by atoms with van der Waals surface area (Å²) in [6, 6.07) is 0.0263. The van der Waals surface area contributed by atoms with Gasteiger partial charge in [0.15, 0.2) is 5.96 Å².